The number of nitrogens with zero attached hydrogens (tertiary/aromatic N) is 3. The van der Waals surface area contributed by atoms with Gasteiger partial charge in [-0.1, -0.05) is 18.2 Å². The standard InChI is InChI=1S/C19H23N3O3/c1-12-5-2-3-7-15(12)22-16-8-4-6-14(16)18(20-22)19(25)21-9-13(11-23)17(24)10-21/h2-3,5,7,13,17,23-24H,4,6,8-11H2,1H3. The number of likely N-dealkylation sites (tertiary alicyclic amines) is 1. The Morgan fingerprint density at radius 2 is 2.08 bits per heavy atom. The fourth-order valence-corrected chi connectivity index (χ4v) is 3.96. The summed E-state index contributed by atoms with van der Waals surface area (Å²) in [5, 5.41) is 24.0. The number of aromatic nitrogens is 2. The minimum Gasteiger partial charge on any atom is -0.396 e. The number of aryl methyl sites for hydroxylation is 1. The topological polar surface area (TPSA) is 78.6 Å². The van der Waals surface area contributed by atoms with Crippen molar-refractivity contribution in [3.05, 3.63) is 46.8 Å². The first kappa shape index (κ1) is 16.3. The van der Waals surface area contributed by atoms with E-state index in [1.807, 2.05) is 35.9 Å². The molecule has 1 aromatic carbocycles. The van der Waals surface area contributed by atoms with E-state index in [2.05, 4.69) is 5.10 Å². The zero-order valence-corrected chi connectivity index (χ0v) is 14.4. The van der Waals surface area contributed by atoms with Gasteiger partial charge in [0.15, 0.2) is 5.69 Å². The summed E-state index contributed by atoms with van der Waals surface area (Å²) in [4.78, 5) is 14.6. The molecule has 0 saturated carbocycles. The van der Waals surface area contributed by atoms with E-state index in [9.17, 15) is 15.0 Å². The zero-order valence-electron chi connectivity index (χ0n) is 14.4. The van der Waals surface area contributed by atoms with Crippen molar-refractivity contribution < 1.29 is 15.0 Å². The van der Waals surface area contributed by atoms with Crippen LogP contribution in [0.3, 0.4) is 0 Å². The highest BCUT2D eigenvalue weighted by molar-refractivity contribution is 5.94. The maximum Gasteiger partial charge on any atom is 0.274 e. The molecule has 2 aromatic rings. The molecule has 1 amide bonds. The Bertz CT molecular complexity index is 814. The molecule has 2 unspecified atom stereocenters. The van der Waals surface area contributed by atoms with Crippen LogP contribution in [0.4, 0.5) is 0 Å². The first-order chi connectivity index (χ1) is 12.1. The Kier molecular flexibility index (Phi) is 4.09. The van der Waals surface area contributed by atoms with Crippen molar-refractivity contribution >= 4 is 5.91 Å². The van der Waals surface area contributed by atoms with Gasteiger partial charge in [-0.05, 0) is 37.8 Å². The molecule has 1 saturated heterocycles. The molecular formula is C19H23N3O3. The average molecular weight is 341 g/mol. The number of para-hydroxylation sites is 1. The minimum atomic E-state index is -0.666. The van der Waals surface area contributed by atoms with Crippen molar-refractivity contribution in [2.45, 2.75) is 32.3 Å². The summed E-state index contributed by atoms with van der Waals surface area (Å²) in [6, 6.07) is 8.05. The highest BCUT2D eigenvalue weighted by atomic mass is 16.3. The van der Waals surface area contributed by atoms with E-state index in [-0.39, 0.29) is 25.0 Å². The van der Waals surface area contributed by atoms with E-state index >= 15 is 0 Å². The number of carbonyl (C=O) groups is 1. The molecule has 2 N–H and O–H groups in total. The van der Waals surface area contributed by atoms with E-state index in [1.165, 1.54) is 0 Å². The van der Waals surface area contributed by atoms with E-state index < -0.39 is 6.10 Å². The fraction of sp³-hybridized carbons (Fsp3) is 0.474. The number of fused-ring (bicyclic) bond motifs is 1. The molecule has 25 heavy (non-hydrogen) atoms. The molecule has 1 aliphatic carbocycles. The summed E-state index contributed by atoms with van der Waals surface area (Å²) in [5.74, 6) is -0.407. The lowest BCUT2D eigenvalue weighted by Gasteiger charge is -2.15. The Morgan fingerprint density at radius 3 is 2.80 bits per heavy atom. The number of amides is 1. The van der Waals surface area contributed by atoms with Gasteiger partial charge in [0.2, 0.25) is 0 Å². The van der Waals surface area contributed by atoms with E-state index in [4.69, 9.17) is 0 Å². The maximum absolute atomic E-state index is 13.0. The van der Waals surface area contributed by atoms with Gasteiger partial charge in [0.1, 0.15) is 0 Å². The van der Waals surface area contributed by atoms with Crippen LogP contribution in [0.25, 0.3) is 5.69 Å². The molecule has 132 valence electrons. The van der Waals surface area contributed by atoms with Crippen molar-refractivity contribution in [2.75, 3.05) is 19.7 Å². The summed E-state index contributed by atoms with van der Waals surface area (Å²) < 4.78 is 1.92. The lowest BCUT2D eigenvalue weighted by atomic mass is 10.1. The second-order valence-electron chi connectivity index (χ2n) is 7.05. The lowest BCUT2D eigenvalue weighted by molar-refractivity contribution is 0.0756. The van der Waals surface area contributed by atoms with Crippen molar-refractivity contribution in [3.63, 3.8) is 0 Å². The van der Waals surface area contributed by atoms with Crippen molar-refractivity contribution in [1.82, 2.24) is 14.7 Å². The van der Waals surface area contributed by atoms with Gasteiger partial charge in [0.05, 0.1) is 18.4 Å². The molecule has 2 aliphatic rings. The summed E-state index contributed by atoms with van der Waals surface area (Å²) in [7, 11) is 0. The van der Waals surface area contributed by atoms with Gasteiger partial charge in [-0.2, -0.15) is 5.10 Å². The Labute approximate surface area is 146 Å². The number of β-amino-alcohol motifs (C(OH)–C–C–N with tert-alkyl or cyclic N) is 1. The Hall–Kier alpha value is -2.18. The Morgan fingerprint density at radius 1 is 1.28 bits per heavy atom. The van der Waals surface area contributed by atoms with Crippen LogP contribution in [-0.4, -0.2) is 56.6 Å². The second kappa shape index (κ2) is 6.28. The number of hydrogen-bond donors (Lipinski definition) is 2. The molecular weight excluding hydrogens is 318 g/mol. The molecule has 1 aromatic heterocycles. The molecule has 0 bridgehead atoms. The highest BCUT2D eigenvalue weighted by Crippen LogP contribution is 2.30. The van der Waals surface area contributed by atoms with Crippen molar-refractivity contribution in [1.29, 1.82) is 0 Å². The summed E-state index contributed by atoms with van der Waals surface area (Å²) >= 11 is 0. The third-order valence-electron chi connectivity index (χ3n) is 5.40. The predicted octanol–water partition coefficient (Wildman–Crippen LogP) is 1.09. The third-order valence-corrected chi connectivity index (χ3v) is 5.40. The van der Waals surface area contributed by atoms with E-state index in [1.54, 1.807) is 4.90 Å². The average Bonchev–Trinajstić information content (AvgIpc) is 3.29. The van der Waals surface area contributed by atoms with Crippen molar-refractivity contribution in [2.24, 2.45) is 5.92 Å². The van der Waals surface area contributed by atoms with Gasteiger partial charge in [0.25, 0.3) is 5.91 Å². The van der Waals surface area contributed by atoms with Gasteiger partial charge < -0.3 is 15.1 Å². The SMILES string of the molecule is Cc1ccccc1-n1nc(C(=O)N2CC(O)C(CO)C2)c2c1CCC2. The van der Waals surface area contributed by atoms with Crippen LogP contribution < -0.4 is 0 Å². The van der Waals surface area contributed by atoms with Crippen LogP contribution in [0.15, 0.2) is 24.3 Å². The van der Waals surface area contributed by atoms with Crippen LogP contribution in [0.5, 0.6) is 0 Å². The first-order valence-electron chi connectivity index (χ1n) is 8.85. The molecule has 1 aliphatic heterocycles. The molecule has 0 spiro atoms. The van der Waals surface area contributed by atoms with Crippen LogP contribution >= 0.6 is 0 Å². The molecule has 4 rings (SSSR count). The van der Waals surface area contributed by atoms with Gasteiger partial charge in [0, 0.05) is 30.3 Å². The normalized spacial score (nSPS) is 22.4. The first-order valence-corrected chi connectivity index (χ1v) is 8.85. The van der Waals surface area contributed by atoms with E-state index in [0.717, 1.165) is 41.8 Å². The Balaban J connectivity index is 1.71. The lowest BCUT2D eigenvalue weighted by Crippen LogP contribution is -2.30. The van der Waals surface area contributed by atoms with Gasteiger partial charge in [-0.3, -0.25) is 4.79 Å². The summed E-state index contributed by atoms with van der Waals surface area (Å²) in [6.45, 7) is 2.57. The van der Waals surface area contributed by atoms with Crippen molar-refractivity contribution in [3.8, 4) is 5.69 Å². The number of aliphatic hydroxyl groups excluding tert-OH is 2. The molecule has 1 fully saturated rings. The number of rotatable bonds is 3. The molecule has 6 nitrogen and oxygen atoms in total. The monoisotopic (exact) mass is 341 g/mol. The molecule has 2 atom stereocenters. The maximum atomic E-state index is 13.0. The predicted molar refractivity (Wildman–Crippen MR) is 92.8 cm³/mol. The molecule has 0 radical (unpaired) electrons. The second-order valence-corrected chi connectivity index (χ2v) is 7.05. The fourth-order valence-electron chi connectivity index (χ4n) is 3.96. The number of carbonyl (C=O) groups excluding carboxylic acids is 1. The van der Waals surface area contributed by atoms with Crippen LogP contribution in [0.2, 0.25) is 0 Å². The van der Waals surface area contributed by atoms with Gasteiger partial charge in [-0.25, -0.2) is 4.68 Å². The highest BCUT2D eigenvalue weighted by Gasteiger charge is 2.37. The quantitative estimate of drug-likeness (QED) is 0.876. The number of hydrogen-bond acceptors (Lipinski definition) is 4. The molecule has 6 heteroatoms. The molecule has 2 heterocycles. The largest absolute Gasteiger partial charge is 0.396 e. The minimum absolute atomic E-state index is 0.110. The van der Waals surface area contributed by atoms with Crippen LogP contribution in [0, 0.1) is 12.8 Å². The van der Waals surface area contributed by atoms with E-state index in [0.29, 0.717) is 12.2 Å². The smallest absolute Gasteiger partial charge is 0.274 e. The zero-order chi connectivity index (χ0) is 17.6. The summed E-state index contributed by atoms with van der Waals surface area (Å²) in [6.07, 6.45) is 2.15. The van der Waals surface area contributed by atoms with Crippen LogP contribution in [0.1, 0.15) is 33.7 Å². The third kappa shape index (κ3) is 2.65. The van der Waals surface area contributed by atoms with Crippen LogP contribution in [-0.2, 0) is 12.8 Å². The van der Waals surface area contributed by atoms with Gasteiger partial charge in [-0.15, -0.1) is 0 Å². The number of benzene rings is 1. The summed E-state index contributed by atoms with van der Waals surface area (Å²) in [5.41, 5.74) is 4.79. The number of aliphatic hydroxyl groups is 2. The van der Waals surface area contributed by atoms with Gasteiger partial charge >= 0.3 is 0 Å².